The predicted octanol–water partition coefficient (Wildman–Crippen LogP) is 3.45. The molecule has 8 heteroatoms. The quantitative estimate of drug-likeness (QED) is 0.626. The van der Waals surface area contributed by atoms with Gasteiger partial charge in [0.1, 0.15) is 0 Å². The van der Waals surface area contributed by atoms with Gasteiger partial charge in [0.15, 0.2) is 18.1 Å². The van der Waals surface area contributed by atoms with E-state index in [4.69, 9.17) is 18.9 Å². The highest BCUT2D eigenvalue weighted by Gasteiger charge is 2.17. The van der Waals surface area contributed by atoms with Gasteiger partial charge in [-0.3, -0.25) is 4.79 Å². The normalized spacial score (nSPS) is 10.3. The number of ether oxygens (including phenoxy) is 4. The van der Waals surface area contributed by atoms with Gasteiger partial charge in [0.2, 0.25) is 0 Å². The number of amides is 1. The van der Waals surface area contributed by atoms with Crippen LogP contribution < -0.4 is 14.8 Å². The first kappa shape index (κ1) is 22.7. The molecule has 2 aromatic rings. The number of benzene rings is 2. The Morgan fingerprint density at radius 3 is 2.37 bits per heavy atom. The van der Waals surface area contributed by atoms with Crippen molar-refractivity contribution in [1.82, 2.24) is 0 Å². The van der Waals surface area contributed by atoms with E-state index in [2.05, 4.69) is 5.32 Å². The number of carbonyl (C=O) groups excluding carboxylic acids is 3. The van der Waals surface area contributed by atoms with Crippen LogP contribution in [0.15, 0.2) is 42.5 Å². The van der Waals surface area contributed by atoms with Gasteiger partial charge >= 0.3 is 11.9 Å². The van der Waals surface area contributed by atoms with Crippen molar-refractivity contribution in [3.63, 3.8) is 0 Å². The van der Waals surface area contributed by atoms with E-state index in [-0.39, 0.29) is 29.5 Å². The SMILES string of the molecule is CCOC(=O)c1ccccc1NC(=O)COC(=O)c1ccc(OC(C)C)c(OC)c1. The number of carbonyl (C=O) groups is 3. The largest absolute Gasteiger partial charge is 0.493 e. The zero-order valence-electron chi connectivity index (χ0n) is 17.4. The highest BCUT2D eigenvalue weighted by molar-refractivity contribution is 6.02. The van der Waals surface area contributed by atoms with Gasteiger partial charge in [-0.1, -0.05) is 12.1 Å². The van der Waals surface area contributed by atoms with Gasteiger partial charge < -0.3 is 24.3 Å². The second-order valence-corrected chi connectivity index (χ2v) is 6.42. The molecule has 0 heterocycles. The highest BCUT2D eigenvalue weighted by Crippen LogP contribution is 2.29. The molecule has 2 aromatic carbocycles. The van der Waals surface area contributed by atoms with Crippen molar-refractivity contribution in [1.29, 1.82) is 0 Å². The standard InChI is InChI=1S/C22H25NO7/c1-5-28-22(26)16-8-6-7-9-17(16)23-20(24)13-29-21(25)15-10-11-18(30-14(2)3)19(12-15)27-4/h6-12,14H,5,13H2,1-4H3,(H,23,24). The molecule has 1 N–H and O–H groups in total. The van der Waals surface area contributed by atoms with Crippen LogP contribution in [0.4, 0.5) is 5.69 Å². The van der Waals surface area contributed by atoms with Crippen molar-refractivity contribution in [2.45, 2.75) is 26.9 Å². The average molecular weight is 415 g/mol. The summed E-state index contributed by atoms with van der Waals surface area (Å²) in [6.45, 7) is 5.13. The second-order valence-electron chi connectivity index (χ2n) is 6.42. The number of para-hydroxylation sites is 1. The summed E-state index contributed by atoms with van der Waals surface area (Å²) in [4.78, 5) is 36.5. The molecule has 0 unspecified atom stereocenters. The third kappa shape index (κ3) is 6.23. The lowest BCUT2D eigenvalue weighted by Gasteiger charge is -2.14. The van der Waals surface area contributed by atoms with E-state index < -0.39 is 24.5 Å². The van der Waals surface area contributed by atoms with E-state index in [1.165, 1.54) is 25.3 Å². The van der Waals surface area contributed by atoms with Gasteiger partial charge in [0.25, 0.3) is 5.91 Å². The number of nitrogens with one attached hydrogen (secondary N) is 1. The van der Waals surface area contributed by atoms with Gasteiger partial charge in [-0.2, -0.15) is 0 Å². The van der Waals surface area contributed by atoms with Gasteiger partial charge in [-0.25, -0.2) is 9.59 Å². The number of rotatable bonds is 9. The molecule has 2 rings (SSSR count). The highest BCUT2D eigenvalue weighted by atomic mass is 16.5. The number of anilines is 1. The Morgan fingerprint density at radius 1 is 0.967 bits per heavy atom. The number of hydrogen-bond donors (Lipinski definition) is 1. The fraction of sp³-hybridized carbons (Fsp3) is 0.318. The summed E-state index contributed by atoms with van der Waals surface area (Å²) in [6, 6.07) is 11.0. The molecule has 0 aliphatic carbocycles. The minimum absolute atomic E-state index is 0.0575. The minimum atomic E-state index is -0.696. The summed E-state index contributed by atoms with van der Waals surface area (Å²) in [6.07, 6.45) is -0.0575. The Hall–Kier alpha value is -3.55. The molecule has 0 bridgehead atoms. The Morgan fingerprint density at radius 2 is 1.70 bits per heavy atom. The third-order valence-corrected chi connectivity index (χ3v) is 3.79. The second kappa shape index (κ2) is 10.8. The molecule has 0 fully saturated rings. The summed E-state index contributed by atoms with van der Waals surface area (Å²) in [5, 5.41) is 2.55. The molecule has 0 aromatic heterocycles. The fourth-order valence-corrected chi connectivity index (χ4v) is 2.53. The maximum atomic E-state index is 12.3. The zero-order chi connectivity index (χ0) is 22.1. The summed E-state index contributed by atoms with van der Waals surface area (Å²) >= 11 is 0. The summed E-state index contributed by atoms with van der Waals surface area (Å²) in [5.41, 5.74) is 0.695. The topological polar surface area (TPSA) is 100 Å². The molecular weight excluding hydrogens is 390 g/mol. The van der Waals surface area contributed by atoms with E-state index in [0.717, 1.165) is 0 Å². The lowest BCUT2D eigenvalue weighted by atomic mass is 10.2. The molecule has 0 saturated carbocycles. The van der Waals surface area contributed by atoms with Crippen molar-refractivity contribution < 1.29 is 33.3 Å². The number of hydrogen-bond acceptors (Lipinski definition) is 7. The Kier molecular flexibility index (Phi) is 8.22. The van der Waals surface area contributed by atoms with Crippen molar-refractivity contribution in [2.75, 3.05) is 25.6 Å². The number of esters is 2. The molecule has 0 radical (unpaired) electrons. The van der Waals surface area contributed by atoms with E-state index in [1.807, 2.05) is 13.8 Å². The monoisotopic (exact) mass is 415 g/mol. The molecule has 8 nitrogen and oxygen atoms in total. The van der Waals surface area contributed by atoms with Crippen molar-refractivity contribution >= 4 is 23.5 Å². The Balaban J connectivity index is 2.00. The molecular formula is C22H25NO7. The zero-order valence-corrected chi connectivity index (χ0v) is 17.4. The van der Waals surface area contributed by atoms with Gasteiger partial charge in [0.05, 0.1) is 36.6 Å². The van der Waals surface area contributed by atoms with Gasteiger partial charge in [-0.05, 0) is 51.1 Å². The summed E-state index contributed by atoms with van der Waals surface area (Å²) in [5.74, 6) is -0.963. The molecule has 0 aliphatic heterocycles. The lowest BCUT2D eigenvalue weighted by molar-refractivity contribution is -0.119. The molecule has 0 saturated heterocycles. The van der Waals surface area contributed by atoms with E-state index in [9.17, 15) is 14.4 Å². The first-order chi connectivity index (χ1) is 14.3. The first-order valence-electron chi connectivity index (χ1n) is 9.43. The van der Waals surface area contributed by atoms with Crippen molar-refractivity contribution in [3.8, 4) is 11.5 Å². The fourth-order valence-electron chi connectivity index (χ4n) is 2.53. The Bertz CT molecular complexity index is 908. The minimum Gasteiger partial charge on any atom is -0.493 e. The van der Waals surface area contributed by atoms with Crippen LogP contribution in [0.1, 0.15) is 41.5 Å². The third-order valence-electron chi connectivity index (χ3n) is 3.79. The van der Waals surface area contributed by atoms with Crippen LogP contribution >= 0.6 is 0 Å². The number of methoxy groups -OCH3 is 1. The van der Waals surface area contributed by atoms with Crippen LogP contribution in [-0.2, 0) is 14.3 Å². The van der Waals surface area contributed by atoms with Crippen molar-refractivity contribution in [3.05, 3.63) is 53.6 Å². The predicted molar refractivity (Wildman–Crippen MR) is 110 cm³/mol. The van der Waals surface area contributed by atoms with E-state index in [0.29, 0.717) is 11.5 Å². The van der Waals surface area contributed by atoms with E-state index in [1.54, 1.807) is 31.2 Å². The van der Waals surface area contributed by atoms with Crippen LogP contribution in [-0.4, -0.2) is 44.3 Å². The molecule has 1 amide bonds. The maximum Gasteiger partial charge on any atom is 0.340 e. The Labute approximate surface area is 175 Å². The summed E-state index contributed by atoms with van der Waals surface area (Å²) in [7, 11) is 1.46. The molecule has 30 heavy (non-hydrogen) atoms. The van der Waals surface area contributed by atoms with Crippen LogP contribution in [0.3, 0.4) is 0 Å². The lowest BCUT2D eigenvalue weighted by Crippen LogP contribution is -2.22. The van der Waals surface area contributed by atoms with Crippen molar-refractivity contribution in [2.24, 2.45) is 0 Å². The molecule has 0 aliphatic rings. The smallest absolute Gasteiger partial charge is 0.340 e. The van der Waals surface area contributed by atoms with Crippen LogP contribution in [0, 0.1) is 0 Å². The summed E-state index contributed by atoms with van der Waals surface area (Å²) < 4.78 is 20.9. The molecule has 0 atom stereocenters. The van der Waals surface area contributed by atoms with Gasteiger partial charge in [0, 0.05) is 0 Å². The van der Waals surface area contributed by atoms with Crippen LogP contribution in [0.2, 0.25) is 0 Å². The average Bonchev–Trinajstić information content (AvgIpc) is 2.72. The maximum absolute atomic E-state index is 12.3. The van der Waals surface area contributed by atoms with Crippen LogP contribution in [0.5, 0.6) is 11.5 Å². The molecule has 160 valence electrons. The van der Waals surface area contributed by atoms with Gasteiger partial charge in [-0.15, -0.1) is 0 Å². The van der Waals surface area contributed by atoms with Crippen LogP contribution in [0.25, 0.3) is 0 Å². The molecule has 0 spiro atoms. The van der Waals surface area contributed by atoms with E-state index >= 15 is 0 Å². The first-order valence-corrected chi connectivity index (χ1v) is 9.43.